The number of hydrogen-bond acceptors (Lipinski definition) is 27. The second kappa shape index (κ2) is 25.6. The number of sulfonamides is 1. The summed E-state index contributed by atoms with van der Waals surface area (Å²) in [6.45, 7) is 6.32. The maximum Gasteiger partial charge on any atom is 0.296 e. The Kier molecular flexibility index (Phi) is 19.7. The van der Waals surface area contributed by atoms with Gasteiger partial charge in [0, 0.05) is 31.4 Å². The number of carbonyl (C=O) groups excluding carboxylic acids is 1. The number of nitrogens with one attached hydrogen (secondary N) is 2. The molecule has 0 radical (unpaired) electrons. The van der Waals surface area contributed by atoms with Crippen LogP contribution in [0.3, 0.4) is 0 Å². The van der Waals surface area contributed by atoms with Gasteiger partial charge in [-0.25, -0.2) is 27.4 Å². The van der Waals surface area contributed by atoms with Crippen LogP contribution in [0.1, 0.15) is 20.8 Å². The molecule has 77 heavy (non-hydrogen) atoms. The second-order valence-corrected chi connectivity index (χ2v) is 23.1. The first-order chi connectivity index (χ1) is 36.4. The number of azo groups is 3. The molecule has 6 aromatic rings. The number of nitrogens with two attached hydrogens (primary N) is 1. The van der Waals surface area contributed by atoms with Gasteiger partial charge in [0.2, 0.25) is 5.91 Å². The van der Waals surface area contributed by atoms with Crippen LogP contribution in [-0.4, -0.2) is 89.8 Å². The maximum absolute atomic E-state index is 13.4. The molecule has 35 heteroatoms. The highest BCUT2D eigenvalue weighted by molar-refractivity contribution is 7.94. The van der Waals surface area contributed by atoms with Gasteiger partial charge < -0.3 is 21.1 Å². The van der Waals surface area contributed by atoms with Crippen molar-refractivity contribution in [2.75, 3.05) is 46.1 Å². The third-order valence-electron chi connectivity index (χ3n) is 10.3. The van der Waals surface area contributed by atoms with Crippen LogP contribution in [-0.2, 0) is 67.8 Å². The molecule has 0 atom stereocenters. The Morgan fingerprint density at radius 2 is 1.27 bits per heavy atom. The Balaban J connectivity index is 1.27. The molecule has 6 aromatic carbocycles. The van der Waals surface area contributed by atoms with Crippen LogP contribution >= 0.6 is 24.4 Å². The molecule has 0 aliphatic heterocycles. The summed E-state index contributed by atoms with van der Waals surface area (Å²) in [6, 6.07) is 20.0. The summed E-state index contributed by atoms with van der Waals surface area (Å²) in [7, 11) is -19.0. The van der Waals surface area contributed by atoms with Crippen molar-refractivity contribution in [3.63, 3.8) is 0 Å². The van der Waals surface area contributed by atoms with Crippen LogP contribution in [0, 0.1) is 0 Å². The molecule has 0 fully saturated rings. The van der Waals surface area contributed by atoms with E-state index in [4.69, 9.17) is 20.4 Å². The fourth-order valence-corrected chi connectivity index (χ4v) is 11.2. The van der Waals surface area contributed by atoms with Gasteiger partial charge in [0.15, 0.2) is 27.9 Å². The minimum absolute atomic E-state index is 0.0854. The highest BCUT2D eigenvalue weighted by Gasteiger charge is 2.27. The molecule has 0 saturated heterocycles. The van der Waals surface area contributed by atoms with Crippen molar-refractivity contribution in [2.24, 2.45) is 30.7 Å². The SMILES string of the molecule is CCN(CC)c1ccc(N=Nc2ccc(NS(=O)(=O)c3ccc(N=Nc4c(S(=O)(=O)O)cc5cc(SOOO)c(N=Nc6ccc(S(=O)(=O)CCOSOOO)cc6S(=O)(=O)O)c(N)c5c4O)cc3)cc2)c(NC(C)=O)c1. The molecule has 0 heterocycles. The van der Waals surface area contributed by atoms with E-state index in [1.165, 1.54) is 43.3 Å². The number of phenols is 1. The summed E-state index contributed by atoms with van der Waals surface area (Å²) in [6.07, 6.45) is 0. The van der Waals surface area contributed by atoms with Gasteiger partial charge in [-0.2, -0.15) is 27.1 Å². The van der Waals surface area contributed by atoms with E-state index in [1.807, 2.05) is 19.9 Å². The number of rotatable bonds is 25. The van der Waals surface area contributed by atoms with Crippen molar-refractivity contribution in [1.82, 2.24) is 0 Å². The van der Waals surface area contributed by atoms with Crippen LogP contribution in [0.15, 0.2) is 152 Å². The van der Waals surface area contributed by atoms with E-state index in [0.29, 0.717) is 23.1 Å². The van der Waals surface area contributed by atoms with E-state index in [0.717, 1.165) is 55.2 Å². The molecule has 6 rings (SSSR count). The van der Waals surface area contributed by atoms with Gasteiger partial charge in [-0.3, -0.25) is 22.8 Å². The third-order valence-corrected chi connectivity index (χ3v) is 16.2. The molecular weight excluding hydrogens is 1140 g/mol. The first kappa shape index (κ1) is 59.4. The number of hydrogen-bond donors (Lipinski definition) is 8. The smallest absolute Gasteiger partial charge is 0.296 e. The lowest BCUT2D eigenvalue weighted by Crippen LogP contribution is -2.21. The summed E-state index contributed by atoms with van der Waals surface area (Å²) < 4.78 is 139. The Morgan fingerprint density at radius 3 is 1.88 bits per heavy atom. The van der Waals surface area contributed by atoms with Gasteiger partial charge in [-0.1, -0.05) is 10.1 Å². The number of nitrogens with zero attached hydrogens (tertiary/aromatic N) is 7. The zero-order valence-corrected chi connectivity index (χ0v) is 44.6. The molecule has 1 amide bonds. The molecule has 0 unspecified atom stereocenters. The van der Waals surface area contributed by atoms with Crippen molar-refractivity contribution >= 4 is 138 Å². The summed E-state index contributed by atoms with van der Waals surface area (Å²) in [5, 5.41) is 61.6. The predicted octanol–water partition coefficient (Wildman–Crippen LogP) is 9.68. The Hall–Kier alpha value is -6.81. The first-order valence-corrected chi connectivity index (χ1v) is 28.8. The van der Waals surface area contributed by atoms with E-state index < -0.39 is 101 Å². The standard InChI is InChI=1S/C42H42N10O19S6/c1-4-52(5-2)29-12-16-32(34(22-29)44-24(3)53)47-45-26-6-8-28(9-7-26)51-75(59,60)30-13-10-27(11-14-30)46-50-41-37(77(64,65)66)21-25-20-35(72-70-68-55)40(39(43)38(25)42(41)54)49-48-33-17-15-31(23-36(33)76(61,62)63)74(57,58)19-18-67-73-71-69-56/h6-17,20-23,51,54-56H,4-5,18-19,43H2,1-3H3,(H,44,53)(H,61,62,63)(H,64,65,66). The largest absolute Gasteiger partial charge is 0.505 e. The van der Waals surface area contributed by atoms with Crippen molar-refractivity contribution in [3.05, 3.63) is 97.1 Å². The minimum Gasteiger partial charge on any atom is -0.505 e. The number of aromatic hydroxyl groups is 1. The van der Waals surface area contributed by atoms with E-state index in [1.54, 1.807) is 12.1 Å². The Bertz CT molecular complexity index is 3720. The quantitative estimate of drug-likeness (QED) is 0.00502. The number of phenolic OH excluding ortho intramolecular Hbond substituents is 1. The van der Waals surface area contributed by atoms with E-state index in [-0.39, 0.29) is 56.8 Å². The van der Waals surface area contributed by atoms with Gasteiger partial charge in [0.1, 0.15) is 32.5 Å². The third kappa shape index (κ3) is 15.2. The highest BCUT2D eigenvalue weighted by atomic mass is 32.2. The van der Waals surface area contributed by atoms with Crippen LogP contribution in [0.4, 0.5) is 56.9 Å². The molecule has 0 spiro atoms. The summed E-state index contributed by atoms with van der Waals surface area (Å²) >= 11 is 0.265. The lowest BCUT2D eigenvalue weighted by molar-refractivity contribution is -0.434. The number of anilines is 4. The van der Waals surface area contributed by atoms with Gasteiger partial charge >= 0.3 is 0 Å². The zero-order valence-electron chi connectivity index (χ0n) is 39.7. The number of amides is 1. The molecular formula is C42H42N10O19S6. The molecule has 9 N–H and O–H groups in total. The fourth-order valence-electron chi connectivity index (χ4n) is 6.84. The molecule has 0 saturated carbocycles. The second-order valence-electron chi connectivity index (χ2n) is 15.3. The van der Waals surface area contributed by atoms with Gasteiger partial charge in [0.25, 0.3) is 30.3 Å². The van der Waals surface area contributed by atoms with Gasteiger partial charge in [-0.15, -0.1) is 29.1 Å². The molecule has 29 nitrogen and oxygen atoms in total. The number of nitrogen functional groups attached to an aromatic ring is 1. The monoisotopic (exact) mass is 1180 g/mol. The number of carbonyl (C=O) groups is 1. The van der Waals surface area contributed by atoms with E-state index in [2.05, 4.69) is 64.4 Å². The van der Waals surface area contributed by atoms with Crippen LogP contribution in [0.5, 0.6) is 5.75 Å². The predicted molar refractivity (Wildman–Crippen MR) is 278 cm³/mol. The minimum atomic E-state index is -5.25. The molecule has 410 valence electrons. The Labute approximate surface area is 446 Å². The van der Waals surface area contributed by atoms with Crippen molar-refractivity contribution < 1.29 is 86.1 Å². The zero-order chi connectivity index (χ0) is 56.3. The molecule has 0 bridgehead atoms. The van der Waals surface area contributed by atoms with Crippen molar-refractivity contribution in [2.45, 2.75) is 45.2 Å². The Morgan fingerprint density at radius 1 is 0.688 bits per heavy atom. The molecule has 0 aromatic heterocycles. The van der Waals surface area contributed by atoms with Gasteiger partial charge in [-0.05, 0) is 116 Å². The summed E-state index contributed by atoms with van der Waals surface area (Å²) in [4.78, 5) is 10.8. The highest BCUT2D eigenvalue weighted by Crippen LogP contribution is 2.50. The van der Waals surface area contributed by atoms with Crippen molar-refractivity contribution in [1.29, 1.82) is 0 Å². The average Bonchev–Trinajstić information content (AvgIpc) is 3.39. The van der Waals surface area contributed by atoms with Crippen LogP contribution < -0.4 is 20.7 Å². The van der Waals surface area contributed by atoms with Crippen LogP contribution in [0.2, 0.25) is 0 Å². The van der Waals surface area contributed by atoms with E-state index in [9.17, 15) is 52.7 Å². The summed E-state index contributed by atoms with van der Waals surface area (Å²) in [5.41, 5.74) is 5.92. The normalized spacial score (nSPS) is 12.6. The average molecular weight is 1180 g/mol. The lowest BCUT2D eigenvalue weighted by Gasteiger charge is -2.22. The van der Waals surface area contributed by atoms with Gasteiger partial charge in [0.05, 0.1) is 67.2 Å². The lowest BCUT2D eigenvalue weighted by atomic mass is 10.1. The topological polar surface area (TPSA) is 428 Å². The molecule has 0 aliphatic carbocycles. The maximum atomic E-state index is 13.4. The van der Waals surface area contributed by atoms with Crippen molar-refractivity contribution in [3.8, 4) is 5.75 Å². The number of benzene rings is 6. The fraction of sp³-hybridized carbons (Fsp3) is 0.167. The van der Waals surface area contributed by atoms with E-state index >= 15 is 0 Å². The number of fused-ring (bicyclic) bond motifs is 1. The summed E-state index contributed by atoms with van der Waals surface area (Å²) in [5.74, 6) is -2.09. The number of sulfone groups is 1. The first-order valence-electron chi connectivity index (χ1n) is 21.4. The van der Waals surface area contributed by atoms with Crippen LogP contribution in [0.25, 0.3) is 10.8 Å². The molecule has 0 aliphatic rings.